The van der Waals surface area contributed by atoms with Gasteiger partial charge < -0.3 is 20.1 Å². The summed E-state index contributed by atoms with van der Waals surface area (Å²) < 4.78 is 11.1. The number of hydrogen-bond donors (Lipinski definition) is 2. The molecule has 2 N–H and O–H groups in total. The van der Waals surface area contributed by atoms with E-state index in [-0.39, 0.29) is 17.2 Å². The van der Waals surface area contributed by atoms with Crippen molar-refractivity contribution in [2.24, 2.45) is 23.2 Å². The highest BCUT2D eigenvalue weighted by molar-refractivity contribution is 6.04. The number of nitrogens with one attached hydrogen (secondary N) is 2. The molecule has 7 rings (SSSR count). The maximum Gasteiger partial charge on any atom is 0.255 e. The standard InChI is InChI=1S/C27H30N2O4/c30-25(29-22-5-6-23-24(12-22)33-8-7-32-23)21-3-1-17(2-4-21)16-28-26(31)27-13-18-9-19(14-27)11-20(10-18)15-27/h1-6,12,18-20H,7-11,13-16H2,(H,28,31)(H,29,30). The van der Waals surface area contributed by atoms with Gasteiger partial charge in [0.15, 0.2) is 11.5 Å². The van der Waals surface area contributed by atoms with Crippen LogP contribution in [0.4, 0.5) is 5.69 Å². The second-order valence-corrected chi connectivity index (χ2v) is 10.4. The molecule has 2 amide bonds. The molecule has 6 heteroatoms. The molecule has 1 aliphatic heterocycles. The van der Waals surface area contributed by atoms with Gasteiger partial charge >= 0.3 is 0 Å². The van der Waals surface area contributed by atoms with Gasteiger partial charge in [-0.2, -0.15) is 0 Å². The minimum Gasteiger partial charge on any atom is -0.486 e. The Morgan fingerprint density at radius 1 is 0.848 bits per heavy atom. The van der Waals surface area contributed by atoms with Gasteiger partial charge in [-0.3, -0.25) is 9.59 Å². The molecule has 4 fully saturated rings. The Kier molecular flexibility index (Phi) is 5.04. The van der Waals surface area contributed by atoms with Crippen LogP contribution in [0.5, 0.6) is 11.5 Å². The monoisotopic (exact) mass is 446 g/mol. The van der Waals surface area contributed by atoms with E-state index in [0.29, 0.717) is 42.5 Å². The molecule has 2 aromatic rings. The lowest BCUT2D eigenvalue weighted by atomic mass is 9.49. The van der Waals surface area contributed by atoms with E-state index in [0.717, 1.165) is 42.6 Å². The average Bonchev–Trinajstić information content (AvgIpc) is 2.82. The molecule has 2 aromatic carbocycles. The zero-order valence-electron chi connectivity index (χ0n) is 18.8. The van der Waals surface area contributed by atoms with Gasteiger partial charge in [-0.1, -0.05) is 12.1 Å². The highest BCUT2D eigenvalue weighted by Crippen LogP contribution is 2.60. The molecule has 4 aliphatic carbocycles. The number of hydrogen-bond acceptors (Lipinski definition) is 4. The van der Waals surface area contributed by atoms with Crippen molar-refractivity contribution >= 4 is 17.5 Å². The Morgan fingerprint density at radius 2 is 1.48 bits per heavy atom. The van der Waals surface area contributed by atoms with Crippen LogP contribution in [-0.4, -0.2) is 25.0 Å². The maximum atomic E-state index is 13.2. The first-order chi connectivity index (χ1) is 16.1. The predicted octanol–water partition coefficient (Wildman–Crippen LogP) is 4.54. The summed E-state index contributed by atoms with van der Waals surface area (Å²) in [5.41, 5.74) is 2.11. The van der Waals surface area contributed by atoms with Gasteiger partial charge in [-0.25, -0.2) is 0 Å². The zero-order chi connectivity index (χ0) is 22.4. The number of rotatable bonds is 5. The zero-order valence-corrected chi connectivity index (χ0v) is 18.8. The normalized spacial score (nSPS) is 28.9. The molecular formula is C27H30N2O4. The van der Waals surface area contributed by atoms with Gasteiger partial charge in [0.05, 0.1) is 0 Å². The van der Waals surface area contributed by atoms with Gasteiger partial charge in [0.25, 0.3) is 5.91 Å². The summed E-state index contributed by atoms with van der Waals surface area (Å²) in [5.74, 6) is 3.67. The highest BCUT2D eigenvalue weighted by atomic mass is 16.6. The lowest BCUT2D eigenvalue weighted by molar-refractivity contribution is -0.146. The molecule has 0 atom stereocenters. The number of carbonyl (C=O) groups excluding carboxylic acids is 2. The van der Waals surface area contributed by atoms with E-state index in [1.54, 1.807) is 30.3 Å². The lowest BCUT2D eigenvalue weighted by Gasteiger charge is -2.55. The number of benzene rings is 2. The topological polar surface area (TPSA) is 76.7 Å². The van der Waals surface area contributed by atoms with Crippen LogP contribution in [0, 0.1) is 23.2 Å². The Hall–Kier alpha value is -3.02. The van der Waals surface area contributed by atoms with Gasteiger partial charge in [-0.15, -0.1) is 0 Å². The van der Waals surface area contributed by atoms with E-state index in [4.69, 9.17) is 9.47 Å². The summed E-state index contributed by atoms with van der Waals surface area (Å²) in [6.07, 6.45) is 7.23. The molecule has 0 unspecified atom stereocenters. The molecule has 0 aromatic heterocycles. The summed E-state index contributed by atoms with van der Waals surface area (Å²) in [4.78, 5) is 25.8. The molecule has 6 nitrogen and oxygen atoms in total. The molecule has 172 valence electrons. The second kappa shape index (κ2) is 8.08. The van der Waals surface area contributed by atoms with Crippen LogP contribution in [0.3, 0.4) is 0 Å². The molecule has 5 aliphatic rings. The quantitative estimate of drug-likeness (QED) is 0.707. The summed E-state index contributed by atoms with van der Waals surface area (Å²) in [5, 5.41) is 6.12. The average molecular weight is 447 g/mol. The fourth-order valence-electron chi connectivity index (χ4n) is 6.86. The maximum absolute atomic E-state index is 13.2. The van der Waals surface area contributed by atoms with E-state index in [9.17, 15) is 9.59 Å². The molecule has 0 saturated heterocycles. The van der Waals surface area contributed by atoms with Crippen LogP contribution in [-0.2, 0) is 11.3 Å². The van der Waals surface area contributed by atoms with Crippen LogP contribution in [0.1, 0.15) is 54.4 Å². The molecule has 4 bridgehead atoms. The lowest BCUT2D eigenvalue weighted by Crippen LogP contribution is -2.53. The van der Waals surface area contributed by atoms with Crippen molar-refractivity contribution in [3.8, 4) is 11.5 Å². The number of carbonyl (C=O) groups is 2. The SMILES string of the molecule is O=C(Nc1ccc2c(c1)OCCO2)c1ccc(CNC(=O)C23CC4CC(CC(C4)C2)C3)cc1. The minimum atomic E-state index is -0.184. The fourth-order valence-corrected chi connectivity index (χ4v) is 6.86. The third kappa shape index (κ3) is 3.96. The van der Waals surface area contributed by atoms with E-state index < -0.39 is 0 Å². The first kappa shape index (κ1) is 20.6. The summed E-state index contributed by atoms with van der Waals surface area (Å²) in [7, 11) is 0. The summed E-state index contributed by atoms with van der Waals surface area (Å²) in [6, 6.07) is 12.8. The smallest absolute Gasteiger partial charge is 0.255 e. The van der Waals surface area contributed by atoms with Crippen molar-refractivity contribution in [1.29, 1.82) is 0 Å². The minimum absolute atomic E-state index is 0.127. The molecule has 33 heavy (non-hydrogen) atoms. The summed E-state index contributed by atoms with van der Waals surface area (Å²) >= 11 is 0. The fraction of sp³-hybridized carbons (Fsp3) is 0.481. The first-order valence-corrected chi connectivity index (χ1v) is 12.1. The Labute approximate surface area is 194 Å². The van der Waals surface area contributed by atoms with Gasteiger partial charge in [0.1, 0.15) is 13.2 Å². The van der Waals surface area contributed by atoms with Crippen molar-refractivity contribution in [2.45, 2.75) is 45.1 Å². The highest BCUT2D eigenvalue weighted by Gasteiger charge is 2.54. The Bertz CT molecular complexity index is 1040. The van der Waals surface area contributed by atoms with Crippen molar-refractivity contribution in [3.05, 3.63) is 53.6 Å². The third-order valence-corrected chi connectivity index (χ3v) is 7.99. The van der Waals surface area contributed by atoms with Crippen LogP contribution in [0.15, 0.2) is 42.5 Å². The first-order valence-electron chi connectivity index (χ1n) is 12.1. The van der Waals surface area contributed by atoms with Crippen molar-refractivity contribution in [3.63, 3.8) is 0 Å². The largest absolute Gasteiger partial charge is 0.486 e. The number of amides is 2. The predicted molar refractivity (Wildman–Crippen MR) is 124 cm³/mol. The van der Waals surface area contributed by atoms with Crippen LogP contribution in [0.25, 0.3) is 0 Å². The van der Waals surface area contributed by atoms with Gasteiger partial charge in [-0.05, 0) is 86.1 Å². The van der Waals surface area contributed by atoms with Gasteiger partial charge in [0, 0.05) is 29.3 Å². The molecule has 0 spiro atoms. The van der Waals surface area contributed by atoms with E-state index in [2.05, 4.69) is 10.6 Å². The van der Waals surface area contributed by atoms with Crippen molar-refractivity contribution in [2.75, 3.05) is 18.5 Å². The van der Waals surface area contributed by atoms with E-state index >= 15 is 0 Å². The van der Waals surface area contributed by atoms with Crippen molar-refractivity contribution < 1.29 is 19.1 Å². The van der Waals surface area contributed by atoms with Gasteiger partial charge in [0.2, 0.25) is 5.91 Å². The van der Waals surface area contributed by atoms with Crippen molar-refractivity contribution in [1.82, 2.24) is 5.32 Å². The van der Waals surface area contributed by atoms with Crippen LogP contribution < -0.4 is 20.1 Å². The second-order valence-electron chi connectivity index (χ2n) is 10.4. The molecule has 0 radical (unpaired) electrons. The van der Waals surface area contributed by atoms with E-state index in [1.165, 1.54) is 19.3 Å². The Morgan fingerprint density at radius 3 is 2.15 bits per heavy atom. The van der Waals surface area contributed by atoms with Crippen LogP contribution in [0.2, 0.25) is 0 Å². The molecular weight excluding hydrogens is 416 g/mol. The van der Waals surface area contributed by atoms with Crippen LogP contribution >= 0.6 is 0 Å². The third-order valence-electron chi connectivity index (χ3n) is 7.99. The molecule has 1 heterocycles. The summed E-state index contributed by atoms with van der Waals surface area (Å²) in [6.45, 7) is 1.55. The molecule has 4 saturated carbocycles. The van der Waals surface area contributed by atoms with E-state index in [1.807, 2.05) is 12.1 Å². The Balaban J connectivity index is 1.06. The number of ether oxygens (including phenoxy) is 2. The number of fused-ring (bicyclic) bond motifs is 1. The number of anilines is 1.